The van der Waals surface area contributed by atoms with Gasteiger partial charge in [-0.1, -0.05) is 168 Å². The Balaban J connectivity index is 1.98. The molecule has 1 unspecified atom stereocenters. The van der Waals surface area contributed by atoms with E-state index in [9.17, 15) is 0 Å². The first-order valence-corrected chi connectivity index (χ1v) is 17.0. The van der Waals surface area contributed by atoms with Gasteiger partial charge in [0.1, 0.15) is 6.17 Å². The van der Waals surface area contributed by atoms with Crippen LogP contribution >= 0.6 is 0 Å². The van der Waals surface area contributed by atoms with Gasteiger partial charge in [0.05, 0.1) is 0 Å². The Labute approximate surface area is 229 Å². The summed E-state index contributed by atoms with van der Waals surface area (Å²) in [7, 11) is 0. The standard InChI is InChI=1S/C34H68N2/c1-4-7-9-11-13-15-17-18-20-22-24-26-28-31-36-33-32-35(34(36)29-6-3)30-27-25-23-21-19-16-14-12-10-8-5-2/h32-34H,4-31H2,1-3H3. The average molecular weight is 505 g/mol. The fraction of sp³-hybridized carbons (Fsp3) is 0.941. The number of rotatable bonds is 28. The summed E-state index contributed by atoms with van der Waals surface area (Å²) in [5, 5.41) is 0. The van der Waals surface area contributed by atoms with Crippen LogP contribution in [0.15, 0.2) is 12.4 Å². The molecule has 1 rings (SSSR count). The highest BCUT2D eigenvalue weighted by Gasteiger charge is 2.24. The van der Waals surface area contributed by atoms with Crippen LogP contribution in [0.1, 0.15) is 188 Å². The van der Waals surface area contributed by atoms with Gasteiger partial charge in [0.2, 0.25) is 0 Å². The van der Waals surface area contributed by atoms with Gasteiger partial charge in [-0.05, 0) is 19.3 Å². The van der Waals surface area contributed by atoms with Gasteiger partial charge in [-0.3, -0.25) is 0 Å². The Hall–Kier alpha value is -0.660. The molecule has 0 amide bonds. The zero-order valence-corrected chi connectivity index (χ0v) is 25.4. The fourth-order valence-corrected chi connectivity index (χ4v) is 5.87. The van der Waals surface area contributed by atoms with Gasteiger partial charge in [-0.2, -0.15) is 0 Å². The fourth-order valence-electron chi connectivity index (χ4n) is 5.87. The van der Waals surface area contributed by atoms with E-state index in [1.807, 2.05) is 0 Å². The van der Waals surface area contributed by atoms with Gasteiger partial charge in [-0.15, -0.1) is 0 Å². The molecule has 214 valence electrons. The maximum absolute atomic E-state index is 2.65. The van der Waals surface area contributed by atoms with Crippen LogP contribution in [0.5, 0.6) is 0 Å². The summed E-state index contributed by atoms with van der Waals surface area (Å²) in [5.41, 5.74) is 0. The largest absolute Gasteiger partial charge is 0.356 e. The van der Waals surface area contributed by atoms with Crippen LogP contribution in [0.25, 0.3) is 0 Å². The van der Waals surface area contributed by atoms with Crippen molar-refractivity contribution in [3.8, 4) is 0 Å². The molecule has 0 aromatic rings. The van der Waals surface area contributed by atoms with Crippen LogP contribution in [-0.2, 0) is 0 Å². The second-order valence-corrected chi connectivity index (χ2v) is 11.8. The van der Waals surface area contributed by atoms with Crippen LogP contribution < -0.4 is 0 Å². The lowest BCUT2D eigenvalue weighted by atomic mass is 10.0. The first kappa shape index (κ1) is 33.4. The van der Waals surface area contributed by atoms with Crippen molar-refractivity contribution in [3.63, 3.8) is 0 Å². The predicted molar refractivity (Wildman–Crippen MR) is 163 cm³/mol. The molecule has 0 radical (unpaired) electrons. The van der Waals surface area contributed by atoms with E-state index in [0.717, 1.165) is 0 Å². The molecule has 0 N–H and O–H groups in total. The summed E-state index contributed by atoms with van der Waals surface area (Å²) < 4.78 is 0. The van der Waals surface area contributed by atoms with E-state index in [0.29, 0.717) is 6.17 Å². The molecule has 1 heterocycles. The molecule has 1 atom stereocenters. The molecule has 2 nitrogen and oxygen atoms in total. The number of nitrogens with zero attached hydrogens (tertiary/aromatic N) is 2. The van der Waals surface area contributed by atoms with Crippen molar-refractivity contribution in [3.05, 3.63) is 12.4 Å². The highest BCUT2D eigenvalue weighted by atomic mass is 15.4. The lowest BCUT2D eigenvalue weighted by Gasteiger charge is -2.33. The third-order valence-corrected chi connectivity index (χ3v) is 8.30. The van der Waals surface area contributed by atoms with Crippen molar-refractivity contribution >= 4 is 0 Å². The molecule has 0 aromatic carbocycles. The molecule has 2 heteroatoms. The third kappa shape index (κ3) is 18.6. The number of hydrogen-bond acceptors (Lipinski definition) is 2. The average Bonchev–Trinajstić information content (AvgIpc) is 3.26. The predicted octanol–water partition coefficient (Wildman–Crippen LogP) is 11.6. The molecule has 0 aromatic heterocycles. The molecule has 36 heavy (non-hydrogen) atoms. The lowest BCUT2D eigenvalue weighted by molar-refractivity contribution is 0.138. The molecule has 0 spiro atoms. The highest BCUT2D eigenvalue weighted by molar-refractivity contribution is 4.96. The summed E-state index contributed by atoms with van der Waals surface area (Å²) >= 11 is 0. The molecule has 1 aliphatic heterocycles. The van der Waals surface area contributed by atoms with Gasteiger partial charge in [0.15, 0.2) is 0 Å². The SMILES string of the molecule is CCCCCCCCCCCCCCCN1C=CN(CCCCCCCCCCCCC)C1CCC. The summed E-state index contributed by atoms with van der Waals surface area (Å²) in [6, 6.07) is 0. The van der Waals surface area contributed by atoms with Crippen LogP contribution in [0.4, 0.5) is 0 Å². The molecule has 0 fully saturated rings. The molecular formula is C34H68N2. The maximum Gasteiger partial charge on any atom is 0.101 e. The number of hydrogen-bond donors (Lipinski definition) is 0. The molecule has 0 aliphatic carbocycles. The molecule has 1 aliphatic rings. The van der Waals surface area contributed by atoms with Gasteiger partial charge >= 0.3 is 0 Å². The van der Waals surface area contributed by atoms with E-state index in [2.05, 4.69) is 43.0 Å². The van der Waals surface area contributed by atoms with Crippen molar-refractivity contribution in [2.75, 3.05) is 13.1 Å². The minimum absolute atomic E-state index is 0.635. The quantitative estimate of drug-likeness (QED) is 0.0977. The molecule has 0 bridgehead atoms. The summed E-state index contributed by atoms with van der Waals surface area (Å²) in [4.78, 5) is 5.31. The third-order valence-electron chi connectivity index (χ3n) is 8.30. The monoisotopic (exact) mass is 505 g/mol. The zero-order chi connectivity index (χ0) is 25.9. The zero-order valence-electron chi connectivity index (χ0n) is 25.4. The molecule has 0 saturated carbocycles. The molecular weight excluding hydrogens is 436 g/mol. The van der Waals surface area contributed by atoms with Crippen LogP contribution in [0, 0.1) is 0 Å². The number of unbranched alkanes of at least 4 members (excludes halogenated alkanes) is 22. The van der Waals surface area contributed by atoms with E-state index < -0.39 is 0 Å². The van der Waals surface area contributed by atoms with E-state index >= 15 is 0 Å². The minimum Gasteiger partial charge on any atom is -0.356 e. The van der Waals surface area contributed by atoms with Gasteiger partial charge in [0.25, 0.3) is 0 Å². The van der Waals surface area contributed by atoms with E-state index in [-0.39, 0.29) is 0 Å². The van der Waals surface area contributed by atoms with E-state index in [4.69, 9.17) is 0 Å². The highest BCUT2D eigenvalue weighted by Crippen LogP contribution is 2.22. The Kier molecular flexibility index (Phi) is 24.1. The van der Waals surface area contributed by atoms with Gasteiger partial charge < -0.3 is 9.80 Å². The van der Waals surface area contributed by atoms with Gasteiger partial charge in [0, 0.05) is 25.5 Å². The first-order valence-electron chi connectivity index (χ1n) is 17.0. The Morgan fingerprint density at radius 3 is 0.917 bits per heavy atom. The maximum atomic E-state index is 2.65. The van der Waals surface area contributed by atoms with Crippen LogP contribution in [0.3, 0.4) is 0 Å². The second-order valence-electron chi connectivity index (χ2n) is 11.8. The van der Waals surface area contributed by atoms with E-state index in [1.165, 1.54) is 180 Å². The van der Waals surface area contributed by atoms with Crippen molar-refractivity contribution in [1.82, 2.24) is 9.80 Å². The Morgan fingerprint density at radius 2 is 0.639 bits per heavy atom. The minimum atomic E-state index is 0.635. The van der Waals surface area contributed by atoms with Crippen molar-refractivity contribution in [2.45, 2.75) is 194 Å². The molecule has 0 saturated heterocycles. The summed E-state index contributed by atoms with van der Waals surface area (Å²) in [5.74, 6) is 0. The summed E-state index contributed by atoms with van der Waals surface area (Å²) in [6.07, 6.45) is 42.6. The topological polar surface area (TPSA) is 6.48 Å². The van der Waals surface area contributed by atoms with Crippen LogP contribution in [0.2, 0.25) is 0 Å². The Morgan fingerprint density at radius 1 is 0.361 bits per heavy atom. The van der Waals surface area contributed by atoms with Crippen LogP contribution in [-0.4, -0.2) is 29.1 Å². The normalized spacial score (nSPS) is 15.5. The van der Waals surface area contributed by atoms with Crippen molar-refractivity contribution < 1.29 is 0 Å². The first-order chi connectivity index (χ1) is 17.8. The van der Waals surface area contributed by atoms with Crippen molar-refractivity contribution in [2.24, 2.45) is 0 Å². The second kappa shape index (κ2) is 26.0. The summed E-state index contributed by atoms with van der Waals surface area (Å²) in [6.45, 7) is 9.48. The van der Waals surface area contributed by atoms with E-state index in [1.54, 1.807) is 0 Å². The Bertz CT molecular complexity index is 460. The lowest BCUT2D eigenvalue weighted by Crippen LogP contribution is -2.39. The smallest absolute Gasteiger partial charge is 0.101 e. The van der Waals surface area contributed by atoms with Crippen molar-refractivity contribution in [1.29, 1.82) is 0 Å². The van der Waals surface area contributed by atoms with Gasteiger partial charge in [-0.25, -0.2) is 0 Å².